The summed E-state index contributed by atoms with van der Waals surface area (Å²) >= 11 is 0. The number of esters is 1. The number of nitrogens with zero attached hydrogens (tertiary/aromatic N) is 1. The van der Waals surface area contributed by atoms with Crippen LogP contribution in [0.1, 0.15) is 5.56 Å². The first kappa shape index (κ1) is 15.4. The quantitative estimate of drug-likeness (QED) is 0.686. The van der Waals surface area contributed by atoms with Crippen LogP contribution in [0.25, 0.3) is 10.9 Å². The maximum Gasteiger partial charge on any atom is 0.351 e. The van der Waals surface area contributed by atoms with Crippen LogP contribution in [0, 0.1) is 5.82 Å². The SMILES string of the molecule is O=C(OCc1ccc(F)c2cccnc12)[C@@H]1COc2ccccc2O1. The van der Waals surface area contributed by atoms with Gasteiger partial charge in [0.05, 0.1) is 5.52 Å². The molecule has 0 spiro atoms. The number of ether oxygens (including phenoxy) is 3. The molecule has 0 N–H and O–H groups in total. The summed E-state index contributed by atoms with van der Waals surface area (Å²) in [7, 11) is 0. The molecule has 5 nitrogen and oxygen atoms in total. The molecule has 0 saturated carbocycles. The normalized spacial score (nSPS) is 15.8. The Hall–Kier alpha value is -3.15. The third kappa shape index (κ3) is 2.98. The maximum absolute atomic E-state index is 13.8. The van der Waals surface area contributed by atoms with Gasteiger partial charge in [-0.2, -0.15) is 0 Å². The molecule has 1 aliphatic rings. The van der Waals surface area contributed by atoms with Crippen LogP contribution in [0.15, 0.2) is 54.7 Å². The summed E-state index contributed by atoms with van der Waals surface area (Å²) in [5.74, 6) is 0.201. The van der Waals surface area contributed by atoms with Gasteiger partial charge in [0.25, 0.3) is 0 Å². The van der Waals surface area contributed by atoms with Gasteiger partial charge in [-0.1, -0.05) is 18.2 Å². The van der Waals surface area contributed by atoms with Crippen LogP contribution in [-0.4, -0.2) is 23.7 Å². The smallest absolute Gasteiger partial charge is 0.351 e. The molecule has 1 atom stereocenters. The fourth-order valence-corrected chi connectivity index (χ4v) is 2.69. The highest BCUT2D eigenvalue weighted by Crippen LogP contribution is 2.31. The van der Waals surface area contributed by atoms with E-state index in [4.69, 9.17) is 14.2 Å². The number of carbonyl (C=O) groups excluding carboxylic acids is 1. The molecule has 126 valence electrons. The Kier molecular flexibility index (Phi) is 3.93. The molecule has 25 heavy (non-hydrogen) atoms. The Morgan fingerprint density at radius 1 is 1.16 bits per heavy atom. The van der Waals surface area contributed by atoms with Crippen molar-refractivity contribution < 1.29 is 23.4 Å². The molecular formula is C19H14FNO4. The Bertz CT molecular complexity index is 944. The molecule has 0 bridgehead atoms. The minimum atomic E-state index is -0.838. The summed E-state index contributed by atoms with van der Waals surface area (Å²) in [5, 5.41) is 0.391. The second kappa shape index (κ2) is 6.39. The molecule has 0 aliphatic carbocycles. The minimum absolute atomic E-state index is 0.0197. The molecule has 4 rings (SSSR count). The predicted octanol–water partition coefficient (Wildman–Crippen LogP) is 3.26. The number of fused-ring (bicyclic) bond motifs is 2. The van der Waals surface area contributed by atoms with Crippen molar-refractivity contribution in [2.75, 3.05) is 6.61 Å². The Labute approximate surface area is 143 Å². The van der Waals surface area contributed by atoms with Gasteiger partial charge in [0.2, 0.25) is 6.10 Å². The van der Waals surface area contributed by atoms with Gasteiger partial charge in [0, 0.05) is 17.1 Å². The largest absolute Gasteiger partial charge is 0.485 e. The van der Waals surface area contributed by atoms with Crippen LogP contribution in [0.2, 0.25) is 0 Å². The van der Waals surface area contributed by atoms with Gasteiger partial charge < -0.3 is 14.2 Å². The van der Waals surface area contributed by atoms with E-state index < -0.39 is 12.1 Å². The van der Waals surface area contributed by atoms with E-state index in [0.717, 1.165) is 0 Å². The predicted molar refractivity (Wildman–Crippen MR) is 87.9 cm³/mol. The molecule has 0 saturated heterocycles. The fourth-order valence-electron chi connectivity index (χ4n) is 2.69. The second-order valence-electron chi connectivity index (χ2n) is 5.58. The fraction of sp³-hybridized carbons (Fsp3) is 0.158. The van der Waals surface area contributed by atoms with E-state index in [1.807, 2.05) is 6.07 Å². The molecule has 0 amide bonds. The van der Waals surface area contributed by atoms with Crippen molar-refractivity contribution in [1.82, 2.24) is 4.98 Å². The number of halogens is 1. The van der Waals surface area contributed by atoms with Gasteiger partial charge in [-0.25, -0.2) is 9.18 Å². The van der Waals surface area contributed by atoms with Crippen molar-refractivity contribution in [3.8, 4) is 11.5 Å². The molecule has 0 fully saturated rings. The monoisotopic (exact) mass is 339 g/mol. The molecule has 1 aliphatic heterocycles. The zero-order chi connectivity index (χ0) is 17.2. The molecule has 3 aromatic rings. The summed E-state index contributed by atoms with van der Waals surface area (Å²) < 4.78 is 30.3. The topological polar surface area (TPSA) is 57.7 Å². The lowest BCUT2D eigenvalue weighted by Crippen LogP contribution is -2.37. The number of pyridine rings is 1. The standard InChI is InChI=1S/C19H14FNO4/c20-14-8-7-12(18-13(14)4-3-9-21-18)10-24-19(22)17-11-23-15-5-1-2-6-16(15)25-17/h1-9,17H,10-11H2/t17-/m0/s1. The number of hydrogen-bond acceptors (Lipinski definition) is 5. The zero-order valence-electron chi connectivity index (χ0n) is 13.1. The molecular weight excluding hydrogens is 325 g/mol. The van der Waals surface area contributed by atoms with E-state index in [1.165, 1.54) is 6.07 Å². The zero-order valence-corrected chi connectivity index (χ0v) is 13.1. The molecule has 2 heterocycles. The van der Waals surface area contributed by atoms with Gasteiger partial charge in [0.1, 0.15) is 19.0 Å². The first-order valence-electron chi connectivity index (χ1n) is 7.79. The highest BCUT2D eigenvalue weighted by molar-refractivity contribution is 5.82. The highest BCUT2D eigenvalue weighted by Gasteiger charge is 2.28. The van der Waals surface area contributed by atoms with Gasteiger partial charge in [-0.15, -0.1) is 0 Å². The van der Waals surface area contributed by atoms with E-state index in [0.29, 0.717) is 28.0 Å². The third-order valence-corrected chi connectivity index (χ3v) is 3.94. The lowest BCUT2D eigenvalue weighted by atomic mass is 10.1. The van der Waals surface area contributed by atoms with Crippen LogP contribution in [0.3, 0.4) is 0 Å². The molecule has 2 aromatic carbocycles. The van der Waals surface area contributed by atoms with Crippen LogP contribution in [-0.2, 0) is 16.1 Å². The summed E-state index contributed by atoms with van der Waals surface area (Å²) in [5.41, 5.74) is 1.10. The van der Waals surface area contributed by atoms with Gasteiger partial charge in [-0.3, -0.25) is 4.98 Å². The van der Waals surface area contributed by atoms with Crippen molar-refractivity contribution in [1.29, 1.82) is 0 Å². The summed E-state index contributed by atoms with van der Waals surface area (Å²) in [6.07, 6.45) is 0.733. The van der Waals surface area contributed by atoms with Gasteiger partial charge >= 0.3 is 5.97 Å². The average molecular weight is 339 g/mol. The molecule has 6 heteroatoms. The number of para-hydroxylation sites is 2. The van der Waals surface area contributed by atoms with Crippen molar-refractivity contribution in [2.45, 2.75) is 12.7 Å². The highest BCUT2D eigenvalue weighted by atomic mass is 19.1. The van der Waals surface area contributed by atoms with E-state index in [9.17, 15) is 9.18 Å². The number of hydrogen-bond donors (Lipinski definition) is 0. The summed E-state index contributed by atoms with van der Waals surface area (Å²) in [4.78, 5) is 16.4. The van der Waals surface area contributed by atoms with E-state index >= 15 is 0 Å². The lowest BCUT2D eigenvalue weighted by molar-refractivity contribution is -0.155. The summed E-state index contributed by atoms with van der Waals surface area (Å²) in [6, 6.07) is 13.3. The summed E-state index contributed by atoms with van der Waals surface area (Å²) in [6.45, 7) is 0.0619. The van der Waals surface area contributed by atoms with E-state index in [-0.39, 0.29) is 19.0 Å². The number of carbonyl (C=O) groups is 1. The Balaban J connectivity index is 1.47. The van der Waals surface area contributed by atoms with Gasteiger partial charge in [-0.05, 0) is 30.3 Å². The van der Waals surface area contributed by atoms with Crippen molar-refractivity contribution in [2.24, 2.45) is 0 Å². The molecule has 0 radical (unpaired) electrons. The Morgan fingerprint density at radius 2 is 2.00 bits per heavy atom. The van der Waals surface area contributed by atoms with E-state index in [2.05, 4.69) is 4.98 Å². The van der Waals surface area contributed by atoms with Crippen molar-refractivity contribution in [3.05, 3.63) is 66.1 Å². The number of rotatable bonds is 3. The first-order valence-corrected chi connectivity index (χ1v) is 7.79. The van der Waals surface area contributed by atoms with Crippen LogP contribution >= 0.6 is 0 Å². The van der Waals surface area contributed by atoms with Crippen molar-refractivity contribution in [3.63, 3.8) is 0 Å². The second-order valence-corrected chi connectivity index (χ2v) is 5.58. The molecule has 1 aromatic heterocycles. The lowest BCUT2D eigenvalue weighted by Gasteiger charge is -2.25. The van der Waals surface area contributed by atoms with Crippen LogP contribution in [0.5, 0.6) is 11.5 Å². The molecule has 0 unspecified atom stereocenters. The van der Waals surface area contributed by atoms with Crippen molar-refractivity contribution >= 4 is 16.9 Å². The number of benzene rings is 2. The Morgan fingerprint density at radius 3 is 2.88 bits per heavy atom. The van der Waals surface area contributed by atoms with Gasteiger partial charge in [0.15, 0.2) is 11.5 Å². The number of aromatic nitrogens is 1. The maximum atomic E-state index is 13.8. The van der Waals surface area contributed by atoms with Crippen LogP contribution < -0.4 is 9.47 Å². The first-order chi connectivity index (χ1) is 12.2. The third-order valence-electron chi connectivity index (χ3n) is 3.94. The van der Waals surface area contributed by atoms with Crippen LogP contribution in [0.4, 0.5) is 4.39 Å². The average Bonchev–Trinajstić information content (AvgIpc) is 2.67. The minimum Gasteiger partial charge on any atom is -0.485 e. The van der Waals surface area contributed by atoms with E-state index in [1.54, 1.807) is 42.6 Å².